The van der Waals surface area contributed by atoms with E-state index in [9.17, 15) is 9.59 Å². The molecule has 9 heteroatoms. The molecule has 0 aliphatic carbocycles. The number of hydrogen-bond donors (Lipinski definition) is 0. The summed E-state index contributed by atoms with van der Waals surface area (Å²) in [6, 6.07) is 11.3. The van der Waals surface area contributed by atoms with E-state index < -0.39 is 12.0 Å². The van der Waals surface area contributed by atoms with Crippen molar-refractivity contribution in [2.75, 3.05) is 6.61 Å². The van der Waals surface area contributed by atoms with Gasteiger partial charge >= 0.3 is 5.97 Å². The number of carbonyl (C=O) groups is 1. The molecule has 1 atom stereocenters. The van der Waals surface area contributed by atoms with Crippen LogP contribution >= 0.6 is 56.5 Å². The lowest BCUT2D eigenvalue weighted by atomic mass is 9.95. The predicted octanol–water partition coefficient (Wildman–Crippen LogP) is 5.10. The molecule has 0 spiro atoms. The van der Waals surface area contributed by atoms with Crippen molar-refractivity contribution in [2.45, 2.75) is 46.8 Å². The van der Waals surface area contributed by atoms with Gasteiger partial charge in [-0.1, -0.05) is 41.2 Å². The predicted molar refractivity (Wildman–Crippen MR) is 159 cm³/mol. The molecular formula is C27H26I2N2O4S. The van der Waals surface area contributed by atoms with E-state index in [0.717, 1.165) is 29.6 Å². The van der Waals surface area contributed by atoms with E-state index in [2.05, 4.69) is 50.2 Å². The highest BCUT2D eigenvalue weighted by Crippen LogP contribution is 2.32. The summed E-state index contributed by atoms with van der Waals surface area (Å²) in [7, 11) is 0. The van der Waals surface area contributed by atoms with Gasteiger partial charge in [0.15, 0.2) is 4.80 Å². The molecule has 0 N–H and O–H groups in total. The summed E-state index contributed by atoms with van der Waals surface area (Å²) >= 11 is 5.84. The molecule has 188 valence electrons. The number of fused-ring (bicyclic) bond motifs is 1. The summed E-state index contributed by atoms with van der Waals surface area (Å²) in [5, 5.41) is 0. The lowest BCUT2D eigenvalue weighted by Gasteiger charge is -2.24. The van der Waals surface area contributed by atoms with E-state index in [1.807, 2.05) is 63.2 Å². The average Bonchev–Trinajstić information content (AvgIpc) is 3.10. The third-order valence-electron chi connectivity index (χ3n) is 5.59. The van der Waals surface area contributed by atoms with Crippen LogP contribution in [-0.2, 0) is 9.53 Å². The second-order valence-corrected chi connectivity index (χ2v) is 12.1. The minimum absolute atomic E-state index is 0.0109. The molecule has 0 bridgehead atoms. The van der Waals surface area contributed by atoms with Gasteiger partial charge in [-0.05, 0) is 104 Å². The van der Waals surface area contributed by atoms with Crippen molar-refractivity contribution in [1.29, 1.82) is 0 Å². The molecule has 1 aliphatic rings. The molecule has 0 radical (unpaired) electrons. The quantitative estimate of drug-likeness (QED) is 0.262. The zero-order valence-corrected chi connectivity index (χ0v) is 25.7. The Morgan fingerprint density at radius 3 is 2.53 bits per heavy atom. The average molecular weight is 728 g/mol. The summed E-state index contributed by atoms with van der Waals surface area (Å²) < 4.78 is 15.6. The van der Waals surface area contributed by atoms with Crippen molar-refractivity contribution in [3.05, 3.63) is 91.2 Å². The van der Waals surface area contributed by atoms with Crippen molar-refractivity contribution in [3.8, 4) is 5.75 Å². The first-order chi connectivity index (χ1) is 17.1. The molecular weight excluding hydrogens is 702 g/mol. The molecule has 0 amide bonds. The molecule has 0 unspecified atom stereocenters. The highest BCUT2D eigenvalue weighted by Gasteiger charge is 2.33. The molecule has 36 heavy (non-hydrogen) atoms. The van der Waals surface area contributed by atoms with Gasteiger partial charge in [0, 0.05) is 9.13 Å². The first-order valence-electron chi connectivity index (χ1n) is 11.5. The summed E-state index contributed by atoms with van der Waals surface area (Å²) in [4.78, 5) is 32.1. The summed E-state index contributed by atoms with van der Waals surface area (Å²) in [6.07, 6.45) is 1.85. The first kappa shape index (κ1) is 27.1. The molecule has 6 nitrogen and oxygen atoms in total. The van der Waals surface area contributed by atoms with Crippen LogP contribution < -0.4 is 19.6 Å². The third-order valence-corrected chi connectivity index (χ3v) is 7.99. The Kier molecular flexibility index (Phi) is 8.40. The fraction of sp³-hybridized carbons (Fsp3) is 0.296. The largest absolute Gasteiger partial charge is 0.489 e. The monoisotopic (exact) mass is 728 g/mol. The van der Waals surface area contributed by atoms with Crippen LogP contribution in [0.15, 0.2) is 57.5 Å². The van der Waals surface area contributed by atoms with Crippen LogP contribution in [0.3, 0.4) is 0 Å². The first-order valence-corrected chi connectivity index (χ1v) is 14.5. The van der Waals surface area contributed by atoms with Gasteiger partial charge in [-0.15, -0.1) is 0 Å². The summed E-state index contributed by atoms with van der Waals surface area (Å²) in [5.41, 5.74) is 3.49. The Morgan fingerprint density at radius 2 is 1.89 bits per heavy atom. The van der Waals surface area contributed by atoms with Gasteiger partial charge in [0.05, 0.1) is 38.1 Å². The van der Waals surface area contributed by atoms with Gasteiger partial charge in [-0.25, -0.2) is 9.79 Å². The van der Waals surface area contributed by atoms with Crippen molar-refractivity contribution < 1.29 is 14.3 Å². The molecule has 1 aliphatic heterocycles. The number of aromatic nitrogens is 1. The highest BCUT2D eigenvalue weighted by molar-refractivity contribution is 14.1. The van der Waals surface area contributed by atoms with Gasteiger partial charge < -0.3 is 9.47 Å². The van der Waals surface area contributed by atoms with Crippen LogP contribution in [0, 0.1) is 14.1 Å². The number of rotatable bonds is 6. The zero-order chi connectivity index (χ0) is 26.1. The van der Waals surface area contributed by atoms with Crippen LogP contribution in [0.5, 0.6) is 5.75 Å². The Hall–Kier alpha value is -1.99. The SMILES string of the molecule is CCOC(=O)C1=C(C)N=c2s/c(=C\c3cc(I)cc(I)c3OC(C)C)c(=O)n2[C@H]1c1ccc(C)cc1. The lowest BCUT2D eigenvalue weighted by Crippen LogP contribution is -2.39. The van der Waals surface area contributed by atoms with Gasteiger partial charge in [0.25, 0.3) is 5.56 Å². The minimum Gasteiger partial charge on any atom is -0.489 e. The molecule has 3 aromatic rings. The van der Waals surface area contributed by atoms with E-state index in [-0.39, 0.29) is 18.3 Å². The summed E-state index contributed by atoms with van der Waals surface area (Å²) in [5.74, 6) is 0.286. The fourth-order valence-corrected chi connectivity index (χ4v) is 7.10. The van der Waals surface area contributed by atoms with E-state index in [4.69, 9.17) is 9.47 Å². The number of ether oxygens (including phenoxy) is 2. The maximum atomic E-state index is 13.9. The number of carbonyl (C=O) groups excluding carboxylic acids is 1. The topological polar surface area (TPSA) is 69.9 Å². The third kappa shape index (κ3) is 5.47. The number of aryl methyl sites for hydroxylation is 1. The number of nitrogens with zero attached hydrogens (tertiary/aromatic N) is 2. The van der Waals surface area contributed by atoms with E-state index in [1.165, 1.54) is 11.3 Å². The molecule has 2 aromatic carbocycles. The smallest absolute Gasteiger partial charge is 0.338 e. The van der Waals surface area contributed by atoms with E-state index in [0.29, 0.717) is 20.6 Å². The maximum absolute atomic E-state index is 13.9. The molecule has 0 saturated carbocycles. The lowest BCUT2D eigenvalue weighted by molar-refractivity contribution is -0.139. The molecule has 2 heterocycles. The van der Waals surface area contributed by atoms with Gasteiger partial charge in [-0.2, -0.15) is 0 Å². The zero-order valence-electron chi connectivity index (χ0n) is 20.6. The number of allylic oxidation sites excluding steroid dienone is 1. The van der Waals surface area contributed by atoms with Gasteiger partial charge in [0.1, 0.15) is 5.75 Å². The molecule has 1 aromatic heterocycles. The van der Waals surface area contributed by atoms with Crippen LogP contribution in [-0.4, -0.2) is 23.2 Å². The second-order valence-electron chi connectivity index (χ2n) is 8.69. The van der Waals surface area contributed by atoms with Crippen molar-refractivity contribution >= 4 is 68.6 Å². The van der Waals surface area contributed by atoms with Gasteiger partial charge in [0.2, 0.25) is 0 Å². The summed E-state index contributed by atoms with van der Waals surface area (Å²) in [6.45, 7) is 9.76. The number of benzene rings is 2. The van der Waals surface area contributed by atoms with E-state index in [1.54, 1.807) is 18.4 Å². The Labute approximate surface area is 241 Å². The normalized spacial score (nSPS) is 15.7. The standard InChI is InChI=1S/C27H26I2N2O4S/c1-6-34-26(33)22-16(5)30-27-31(23(22)17-9-7-15(4)8-10-17)25(32)21(36-27)12-18-11-19(28)13-20(29)24(18)35-14(2)3/h7-14,23H,6H2,1-5H3/b21-12-/t23-/m0/s1. The van der Waals surface area contributed by atoms with Crippen LogP contribution in [0.1, 0.15) is 50.4 Å². The van der Waals surface area contributed by atoms with Crippen LogP contribution in [0.25, 0.3) is 6.08 Å². The highest BCUT2D eigenvalue weighted by atomic mass is 127. The Bertz CT molecular complexity index is 1540. The van der Waals surface area contributed by atoms with Crippen LogP contribution in [0.2, 0.25) is 0 Å². The number of hydrogen-bond acceptors (Lipinski definition) is 6. The fourth-order valence-electron chi connectivity index (χ4n) is 4.04. The molecule has 0 saturated heterocycles. The maximum Gasteiger partial charge on any atom is 0.338 e. The van der Waals surface area contributed by atoms with Crippen molar-refractivity contribution in [2.24, 2.45) is 4.99 Å². The minimum atomic E-state index is -0.620. The van der Waals surface area contributed by atoms with Gasteiger partial charge in [-0.3, -0.25) is 9.36 Å². The molecule has 4 rings (SSSR count). The number of esters is 1. The van der Waals surface area contributed by atoms with Crippen molar-refractivity contribution in [1.82, 2.24) is 4.57 Å². The number of thiazole rings is 1. The number of halogens is 2. The molecule has 0 fully saturated rings. The van der Waals surface area contributed by atoms with Crippen LogP contribution in [0.4, 0.5) is 0 Å². The van der Waals surface area contributed by atoms with E-state index >= 15 is 0 Å². The Balaban J connectivity index is 1.97. The second kappa shape index (κ2) is 11.2. The Morgan fingerprint density at radius 1 is 1.19 bits per heavy atom. The van der Waals surface area contributed by atoms with Crippen molar-refractivity contribution in [3.63, 3.8) is 0 Å².